The van der Waals surface area contributed by atoms with Crippen LogP contribution in [0.2, 0.25) is 0 Å². The highest BCUT2D eigenvalue weighted by Gasteiger charge is 2.35. The number of para-hydroxylation sites is 1. The minimum absolute atomic E-state index is 0.0376. The lowest BCUT2D eigenvalue weighted by molar-refractivity contribution is 0.0427. The number of amides is 1. The molecule has 1 fully saturated rings. The SMILES string of the molecule is O=C1c2ccccc2N[C@H](c2cnn(Cc3ccccc3)c2)N1C[C@@H]1CCCO1. The maximum Gasteiger partial charge on any atom is 0.257 e. The topological polar surface area (TPSA) is 59.4 Å². The van der Waals surface area contributed by atoms with E-state index >= 15 is 0 Å². The fraction of sp³-hybridized carbons (Fsp3) is 0.304. The van der Waals surface area contributed by atoms with Gasteiger partial charge in [0.2, 0.25) is 0 Å². The number of carbonyl (C=O) groups is 1. The van der Waals surface area contributed by atoms with E-state index in [9.17, 15) is 4.79 Å². The maximum absolute atomic E-state index is 13.3. The summed E-state index contributed by atoms with van der Waals surface area (Å²) in [5.41, 5.74) is 3.73. The van der Waals surface area contributed by atoms with E-state index in [1.165, 1.54) is 5.56 Å². The molecular formula is C23H24N4O2. The van der Waals surface area contributed by atoms with Crippen LogP contribution in [-0.2, 0) is 11.3 Å². The van der Waals surface area contributed by atoms with Crippen LogP contribution in [-0.4, -0.2) is 39.8 Å². The summed E-state index contributed by atoms with van der Waals surface area (Å²) in [6.45, 7) is 2.05. The zero-order chi connectivity index (χ0) is 19.6. The minimum atomic E-state index is -0.258. The van der Waals surface area contributed by atoms with Crippen molar-refractivity contribution in [2.24, 2.45) is 0 Å². The summed E-state index contributed by atoms with van der Waals surface area (Å²) in [4.78, 5) is 15.2. The molecule has 6 heteroatoms. The van der Waals surface area contributed by atoms with Crippen molar-refractivity contribution in [2.45, 2.75) is 31.7 Å². The number of carbonyl (C=O) groups excluding carboxylic acids is 1. The fourth-order valence-corrected chi connectivity index (χ4v) is 4.13. The number of nitrogens with one attached hydrogen (secondary N) is 1. The molecule has 0 unspecified atom stereocenters. The molecule has 2 atom stereocenters. The van der Waals surface area contributed by atoms with Gasteiger partial charge in [-0.1, -0.05) is 42.5 Å². The van der Waals surface area contributed by atoms with Crippen LogP contribution >= 0.6 is 0 Å². The Labute approximate surface area is 170 Å². The number of hydrogen-bond acceptors (Lipinski definition) is 4. The summed E-state index contributed by atoms with van der Waals surface area (Å²) >= 11 is 0. The van der Waals surface area contributed by atoms with Crippen molar-refractivity contribution < 1.29 is 9.53 Å². The summed E-state index contributed by atoms with van der Waals surface area (Å²) in [5, 5.41) is 8.08. The lowest BCUT2D eigenvalue weighted by atomic mass is 10.0. The summed E-state index contributed by atoms with van der Waals surface area (Å²) in [6, 6.07) is 17.9. The molecule has 2 aromatic carbocycles. The third-order valence-corrected chi connectivity index (χ3v) is 5.60. The third-order valence-electron chi connectivity index (χ3n) is 5.60. The van der Waals surface area contributed by atoms with Gasteiger partial charge in [-0.15, -0.1) is 0 Å². The minimum Gasteiger partial charge on any atom is -0.376 e. The van der Waals surface area contributed by atoms with Crippen molar-refractivity contribution in [3.63, 3.8) is 0 Å². The van der Waals surface area contributed by atoms with Crippen LogP contribution in [0.5, 0.6) is 0 Å². The van der Waals surface area contributed by atoms with E-state index in [-0.39, 0.29) is 18.2 Å². The molecule has 29 heavy (non-hydrogen) atoms. The van der Waals surface area contributed by atoms with E-state index in [4.69, 9.17) is 4.74 Å². The van der Waals surface area contributed by atoms with E-state index in [1.807, 2.05) is 64.4 Å². The van der Waals surface area contributed by atoms with Gasteiger partial charge in [-0.05, 0) is 30.5 Å². The molecule has 2 aliphatic heterocycles. The zero-order valence-corrected chi connectivity index (χ0v) is 16.2. The number of anilines is 1. The smallest absolute Gasteiger partial charge is 0.257 e. The number of nitrogens with zero attached hydrogens (tertiary/aromatic N) is 3. The summed E-state index contributed by atoms with van der Waals surface area (Å²) in [7, 11) is 0. The first-order valence-electron chi connectivity index (χ1n) is 10.1. The highest BCUT2D eigenvalue weighted by Crippen LogP contribution is 2.34. The average Bonchev–Trinajstić information content (AvgIpc) is 3.43. The summed E-state index contributed by atoms with van der Waals surface area (Å²) < 4.78 is 7.74. The second-order valence-electron chi connectivity index (χ2n) is 7.64. The van der Waals surface area contributed by atoms with Crippen LogP contribution in [0, 0.1) is 0 Å². The van der Waals surface area contributed by atoms with Crippen LogP contribution in [0.25, 0.3) is 0 Å². The van der Waals surface area contributed by atoms with Crippen LogP contribution in [0.4, 0.5) is 5.69 Å². The molecule has 0 bridgehead atoms. The Morgan fingerprint density at radius 2 is 1.93 bits per heavy atom. The van der Waals surface area contributed by atoms with Crippen molar-refractivity contribution in [3.8, 4) is 0 Å². The Balaban J connectivity index is 1.44. The second kappa shape index (κ2) is 7.72. The molecule has 1 amide bonds. The number of hydrogen-bond donors (Lipinski definition) is 1. The van der Waals surface area contributed by atoms with Gasteiger partial charge in [-0.2, -0.15) is 5.10 Å². The zero-order valence-electron chi connectivity index (χ0n) is 16.2. The predicted molar refractivity (Wildman–Crippen MR) is 111 cm³/mol. The first kappa shape index (κ1) is 17.9. The highest BCUT2D eigenvalue weighted by atomic mass is 16.5. The van der Waals surface area contributed by atoms with Crippen molar-refractivity contribution in [3.05, 3.63) is 83.7 Å². The van der Waals surface area contributed by atoms with Gasteiger partial charge < -0.3 is 15.0 Å². The number of benzene rings is 2. The largest absolute Gasteiger partial charge is 0.376 e. The average molecular weight is 388 g/mol. The van der Waals surface area contributed by atoms with E-state index in [0.717, 1.165) is 30.7 Å². The van der Waals surface area contributed by atoms with Gasteiger partial charge in [0.1, 0.15) is 6.17 Å². The van der Waals surface area contributed by atoms with Crippen molar-refractivity contribution in [1.29, 1.82) is 0 Å². The van der Waals surface area contributed by atoms with Crippen LogP contribution in [0.3, 0.4) is 0 Å². The number of rotatable bonds is 5. The Bertz CT molecular complexity index is 995. The van der Waals surface area contributed by atoms with Crippen LogP contribution in [0.1, 0.15) is 40.5 Å². The lowest BCUT2D eigenvalue weighted by Gasteiger charge is -2.38. The highest BCUT2D eigenvalue weighted by molar-refractivity contribution is 6.01. The molecule has 0 radical (unpaired) electrons. The van der Waals surface area contributed by atoms with Gasteiger partial charge in [-0.3, -0.25) is 9.48 Å². The normalized spacial score (nSPS) is 21.1. The Morgan fingerprint density at radius 1 is 1.10 bits per heavy atom. The second-order valence-corrected chi connectivity index (χ2v) is 7.64. The Kier molecular flexibility index (Phi) is 4.77. The van der Waals surface area contributed by atoms with Gasteiger partial charge in [-0.25, -0.2) is 0 Å². The van der Waals surface area contributed by atoms with E-state index in [1.54, 1.807) is 0 Å². The van der Waals surface area contributed by atoms with Crippen LogP contribution < -0.4 is 5.32 Å². The molecule has 3 heterocycles. The molecule has 0 saturated carbocycles. The monoisotopic (exact) mass is 388 g/mol. The fourth-order valence-electron chi connectivity index (χ4n) is 4.13. The van der Waals surface area contributed by atoms with Crippen LogP contribution in [0.15, 0.2) is 67.0 Å². The molecule has 1 aromatic heterocycles. The summed E-state index contributed by atoms with van der Waals surface area (Å²) in [6.07, 6.45) is 5.75. The van der Waals surface area contributed by atoms with Gasteiger partial charge in [0.15, 0.2) is 0 Å². The van der Waals surface area contributed by atoms with Gasteiger partial charge in [0.05, 0.1) is 24.4 Å². The molecule has 0 spiro atoms. The number of aromatic nitrogens is 2. The molecule has 2 aliphatic rings. The van der Waals surface area contributed by atoms with Gasteiger partial charge >= 0.3 is 0 Å². The van der Waals surface area contributed by atoms with E-state index in [0.29, 0.717) is 18.7 Å². The molecule has 1 saturated heterocycles. The third kappa shape index (κ3) is 3.63. The number of ether oxygens (including phenoxy) is 1. The Morgan fingerprint density at radius 3 is 2.76 bits per heavy atom. The summed E-state index contributed by atoms with van der Waals surface area (Å²) in [5.74, 6) is 0.0376. The molecule has 5 rings (SSSR count). The van der Waals surface area contributed by atoms with Gasteiger partial charge in [0, 0.05) is 30.6 Å². The maximum atomic E-state index is 13.3. The first-order chi connectivity index (χ1) is 14.3. The molecule has 1 N–H and O–H groups in total. The quantitative estimate of drug-likeness (QED) is 0.724. The molecule has 3 aromatic rings. The first-order valence-corrected chi connectivity index (χ1v) is 10.1. The lowest BCUT2D eigenvalue weighted by Crippen LogP contribution is -2.46. The standard InChI is InChI=1S/C23H24N4O2/c28-23-20-10-4-5-11-21(20)25-22(27(23)16-19-9-6-12-29-19)18-13-24-26(15-18)14-17-7-2-1-3-8-17/h1-5,7-8,10-11,13,15,19,22,25H,6,9,12,14,16H2/t19-,22-/m0/s1. The molecular weight excluding hydrogens is 364 g/mol. The van der Waals surface area contributed by atoms with Crippen molar-refractivity contribution in [2.75, 3.05) is 18.5 Å². The molecule has 6 nitrogen and oxygen atoms in total. The molecule has 0 aliphatic carbocycles. The molecule has 148 valence electrons. The predicted octanol–water partition coefficient (Wildman–Crippen LogP) is 3.68. The van der Waals surface area contributed by atoms with Crippen molar-refractivity contribution >= 4 is 11.6 Å². The number of fused-ring (bicyclic) bond motifs is 1. The van der Waals surface area contributed by atoms with E-state index < -0.39 is 0 Å². The van der Waals surface area contributed by atoms with Gasteiger partial charge in [0.25, 0.3) is 5.91 Å². The van der Waals surface area contributed by atoms with Crippen molar-refractivity contribution in [1.82, 2.24) is 14.7 Å². The van der Waals surface area contributed by atoms with E-state index in [2.05, 4.69) is 22.5 Å². The Hall–Kier alpha value is -3.12.